The first-order valence-corrected chi connectivity index (χ1v) is 5.40. The molecule has 0 saturated heterocycles. The molecule has 2 N–H and O–H groups in total. The van der Waals surface area contributed by atoms with E-state index in [1.54, 1.807) is 11.0 Å². The standard InChI is InChI=1S/C12H16N4/c1-10-2-4-11(5-3-10)12(13)6-7-16-9-14-8-15-16/h2-5,8-9,12H,6-7,13H2,1H3. The lowest BCUT2D eigenvalue weighted by Gasteiger charge is -2.11. The van der Waals surface area contributed by atoms with Gasteiger partial charge in [0.2, 0.25) is 0 Å². The van der Waals surface area contributed by atoms with Gasteiger partial charge < -0.3 is 5.73 Å². The fourth-order valence-electron chi connectivity index (χ4n) is 1.60. The molecule has 0 bridgehead atoms. The topological polar surface area (TPSA) is 56.7 Å². The van der Waals surface area contributed by atoms with Crippen LogP contribution < -0.4 is 5.73 Å². The summed E-state index contributed by atoms with van der Waals surface area (Å²) in [5.74, 6) is 0. The van der Waals surface area contributed by atoms with Gasteiger partial charge in [0.25, 0.3) is 0 Å². The molecule has 1 heterocycles. The van der Waals surface area contributed by atoms with E-state index in [0.717, 1.165) is 13.0 Å². The number of benzene rings is 1. The lowest BCUT2D eigenvalue weighted by Crippen LogP contribution is -2.13. The van der Waals surface area contributed by atoms with Crippen LogP contribution in [0.3, 0.4) is 0 Å². The quantitative estimate of drug-likeness (QED) is 0.845. The molecular weight excluding hydrogens is 200 g/mol. The summed E-state index contributed by atoms with van der Waals surface area (Å²) in [5, 5.41) is 4.05. The second-order valence-corrected chi connectivity index (χ2v) is 3.96. The second kappa shape index (κ2) is 4.90. The summed E-state index contributed by atoms with van der Waals surface area (Å²) in [4.78, 5) is 3.90. The van der Waals surface area contributed by atoms with Crippen molar-refractivity contribution in [1.29, 1.82) is 0 Å². The molecule has 16 heavy (non-hydrogen) atoms. The van der Waals surface area contributed by atoms with Gasteiger partial charge in [0.15, 0.2) is 0 Å². The number of aryl methyl sites for hydroxylation is 2. The maximum absolute atomic E-state index is 6.10. The van der Waals surface area contributed by atoms with Gasteiger partial charge in [-0.25, -0.2) is 4.98 Å². The molecule has 0 saturated carbocycles. The highest BCUT2D eigenvalue weighted by Gasteiger charge is 2.05. The van der Waals surface area contributed by atoms with Crippen molar-refractivity contribution >= 4 is 0 Å². The van der Waals surface area contributed by atoms with Gasteiger partial charge in [-0.3, -0.25) is 4.68 Å². The molecule has 0 amide bonds. The normalized spacial score (nSPS) is 12.6. The van der Waals surface area contributed by atoms with E-state index in [9.17, 15) is 0 Å². The van der Waals surface area contributed by atoms with Crippen molar-refractivity contribution in [2.45, 2.75) is 25.9 Å². The van der Waals surface area contributed by atoms with E-state index in [-0.39, 0.29) is 6.04 Å². The van der Waals surface area contributed by atoms with Gasteiger partial charge in [-0.1, -0.05) is 29.8 Å². The van der Waals surface area contributed by atoms with E-state index in [2.05, 4.69) is 41.3 Å². The van der Waals surface area contributed by atoms with Gasteiger partial charge in [0, 0.05) is 12.6 Å². The highest BCUT2D eigenvalue weighted by molar-refractivity contribution is 5.23. The highest BCUT2D eigenvalue weighted by atomic mass is 15.3. The average molecular weight is 216 g/mol. The fraction of sp³-hybridized carbons (Fsp3) is 0.333. The number of aromatic nitrogens is 3. The molecule has 1 atom stereocenters. The van der Waals surface area contributed by atoms with Crippen LogP contribution in [-0.4, -0.2) is 14.8 Å². The second-order valence-electron chi connectivity index (χ2n) is 3.96. The molecule has 1 unspecified atom stereocenters. The Labute approximate surface area is 95.1 Å². The summed E-state index contributed by atoms with van der Waals surface area (Å²) in [6.07, 6.45) is 4.12. The fourth-order valence-corrected chi connectivity index (χ4v) is 1.60. The molecule has 0 aliphatic carbocycles. The van der Waals surface area contributed by atoms with Crippen molar-refractivity contribution in [2.24, 2.45) is 5.73 Å². The monoisotopic (exact) mass is 216 g/mol. The first kappa shape index (κ1) is 10.8. The molecule has 0 fully saturated rings. The van der Waals surface area contributed by atoms with E-state index >= 15 is 0 Å². The molecule has 1 aromatic heterocycles. The van der Waals surface area contributed by atoms with Crippen molar-refractivity contribution in [3.05, 3.63) is 48.0 Å². The van der Waals surface area contributed by atoms with Gasteiger partial charge >= 0.3 is 0 Å². The Morgan fingerprint density at radius 1 is 1.31 bits per heavy atom. The predicted molar refractivity (Wildman–Crippen MR) is 62.7 cm³/mol. The zero-order chi connectivity index (χ0) is 11.4. The van der Waals surface area contributed by atoms with Crippen LogP contribution in [0.2, 0.25) is 0 Å². The third kappa shape index (κ3) is 2.67. The van der Waals surface area contributed by atoms with Crippen LogP contribution in [0.4, 0.5) is 0 Å². The number of hydrogen-bond donors (Lipinski definition) is 1. The Morgan fingerprint density at radius 3 is 2.69 bits per heavy atom. The number of hydrogen-bond acceptors (Lipinski definition) is 3. The molecule has 0 radical (unpaired) electrons. The van der Waals surface area contributed by atoms with Gasteiger partial charge in [-0.15, -0.1) is 0 Å². The molecule has 0 aliphatic heterocycles. The van der Waals surface area contributed by atoms with Gasteiger partial charge in [0.1, 0.15) is 12.7 Å². The minimum atomic E-state index is 0.0600. The van der Waals surface area contributed by atoms with Crippen LogP contribution in [-0.2, 0) is 6.54 Å². The summed E-state index contributed by atoms with van der Waals surface area (Å²) in [5.41, 5.74) is 8.53. The number of nitrogens with two attached hydrogens (primary N) is 1. The van der Waals surface area contributed by atoms with Crippen LogP contribution in [0.5, 0.6) is 0 Å². The molecular formula is C12H16N4. The lowest BCUT2D eigenvalue weighted by atomic mass is 10.0. The molecule has 84 valence electrons. The van der Waals surface area contributed by atoms with Crippen molar-refractivity contribution in [1.82, 2.24) is 14.8 Å². The van der Waals surface area contributed by atoms with Crippen LogP contribution in [0.15, 0.2) is 36.9 Å². The van der Waals surface area contributed by atoms with Crippen LogP contribution in [0.25, 0.3) is 0 Å². The van der Waals surface area contributed by atoms with Crippen molar-refractivity contribution in [2.75, 3.05) is 0 Å². The van der Waals surface area contributed by atoms with Crippen molar-refractivity contribution in [3.8, 4) is 0 Å². The smallest absolute Gasteiger partial charge is 0.137 e. The minimum Gasteiger partial charge on any atom is -0.324 e. The third-order valence-corrected chi connectivity index (χ3v) is 2.64. The van der Waals surface area contributed by atoms with Crippen LogP contribution >= 0.6 is 0 Å². The molecule has 1 aromatic carbocycles. The summed E-state index contributed by atoms with van der Waals surface area (Å²) in [7, 11) is 0. The largest absolute Gasteiger partial charge is 0.324 e. The molecule has 0 aliphatic rings. The Morgan fingerprint density at radius 2 is 2.06 bits per heavy atom. The summed E-state index contributed by atoms with van der Waals surface area (Å²) in [6, 6.07) is 8.41. The zero-order valence-electron chi connectivity index (χ0n) is 9.37. The first-order valence-electron chi connectivity index (χ1n) is 5.40. The summed E-state index contributed by atoms with van der Waals surface area (Å²) >= 11 is 0. The summed E-state index contributed by atoms with van der Waals surface area (Å²) in [6.45, 7) is 2.87. The lowest BCUT2D eigenvalue weighted by molar-refractivity contribution is 0.521. The molecule has 4 nitrogen and oxygen atoms in total. The Kier molecular flexibility index (Phi) is 3.31. The molecule has 2 rings (SSSR count). The van der Waals surface area contributed by atoms with Gasteiger partial charge in [-0.2, -0.15) is 5.10 Å². The van der Waals surface area contributed by atoms with Crippen molar-refractivity contribution < 1.29 is 0 Å². The minimum absolute atomic E-state index is 0.0600. The van der Waals surface area contributed by atoms with Crippen LogP contribution in [0.1, 0.15) is 23.6 Å². The Bertz CT molecular complexity index is 419. The molecule has 0 spiro atoms. The maximum atomic E-state index is 6.10. The van der Waals surface area contributed by atoms with E-state index < -0.39 is 0 Å². The maximum Gasteiger partial charge on any atom is 0.137 e. The van der Waals surface area contributed by atoms with E-state index in [4.69, 9.17) is 5.73 Å². The molecule has 2 aromatic rings. The third-order valence-electron chi connectivity index (χ3n) is 2.64. The van der Waals surface area contributed by atoms with Crippen molar-refractivity contribution in [3.63, 3.8) is 0 Å². The average Bonchev–Trinajstić information content (AvgIpc) is 2.80. The van der Waals surface area contributed by atoms with Gasteiger partial charge in [0.05, 0.1) is 0 Å². The SMILES string of the molecule is Cc1ccc(C(N)CCn2cncn2)cc1. The zero-order valence-corrected chi connectivity index (χ0v) is 9.37. The predicted octanol–water partition coefficient (Wildman–Crippen LogP) is 1.68. The first-order chi connectivity index (χ1) is 7.75. The molecule has 4 heteroatoms. The number of nitrogens with zero attached hydrogens (tertiary/aromatic N) is 3. The highest BCUT2D eigenvalue weighted by Crippen LogP contribution is 2.15. The van der Waals surface area contributed by atoms with E-state index in [1.165, 1.54) is 17.5 Å². The number of rotatable bonds is 4. The van der Waals surface area contributed by atoms with Gasteiger partial charge in [-0.05, 0) is 18.9 Å². The summed E-state index contributed by atoms with van der Waals surface area (Å²) < 4.78 is 1.80. The Balaban J connectivity index is 1.93. The van der Waals surface area contributed by atoms with E-state index in [1.807, 2.05) is 0 Å². The Hall–Kier alpha value is -1.68. The van der Waals surface area contributed by atoms with Crippen LogP contribution in [0, 0.1) is 6.92 Å². The van der Waals surface area contributed by atoms with E-state index in [0.29, 0.717) is 0 Å².